The molecule has 0 aliphatic heterocycles. The first-order chi connectivity index (χ1) is 12.9. The standard InChI is InChI=1S/C18H14N2O6S/c21-17(11-3-1-5-13(9-11)19(23)24)15-7-8-16(27-15)18(22)12-4-2-6-14(10-12)20(25)26/h1-10,17-18,21-22H/t17-,18-/m0/s1. The molecule has 0 unspecified atom stereocenters. The smallest absolute Gasteiger partial charge is 0.269 e. The largest absolute Gasteiger partial charge is 0.383 e. The molecule has 0 spiro atoms. The lowest BCUT2D eigenvalue weighted by Crippen LogP contribution is -1.99. The van der Waals surface area contributed by atoms with Crippen LogP contribution in [0.5, 0.6) is 0 Å². The fraction of sp³-hybridized carbons (Fsp3) is 0.111. The van der Waals surface area contributed by atoms with Gasteiger partial charge in [0, 0.05) is 34.0 Å². The number of nitro groups is 2. The van der Waals surface area contributed by atoms with Crippen molar-refractivity contribution in [3.8, 4) is 0 Å². The molecule has 0 bridgehead atoms. The zero-order valence-corrected chi connectivity index (χ0v) is 14.6. The highest BCUT2D eigenvalue weighted by atomic mass is 32.1. The molecule has 2 aromatic carbocycles. The lowest BCUT2D eigenvalue weighted by atomic mass is 10.1. The molecule has 3 aromatic rings. The first-order valence-corrected chi connectivity index (χ1v) is 8.63. The van der Waals surface area contributed by atoms with Crippen LogP contribution in [0, 0.1) is 20.2 Å². The summed E-state index contributed by atoms with van der Waals surface area (Å²) in [4.78, 5) is 21.7. The average Bonchev–Trinajstić information content (AvgIpc) is 3.17. The van der Waals surface area contributed by atoms with Crippen LogP contribution in [0.2, 0.25) is 0 Å². The molecule has 0 aliphatic carbocycles. The summed E-state index contributed by atoms with van der Waals surface area (Å²) in [6, 6.07) is 14.6. The van der Waals surface area contributed by atoms with Gasteiger partial charge in [-0.25, -0.2) is 0 Å². The summed E-state index contributed by atoms with van der Waals surface area (Å²) in [7, 11) is 0. The molecule has 1 heterocycles. The third-order valence-electron chi connectivity index (χ3n) is 3.98. The Morgan fingerprint density at radius 2 is 1.15 bits per heavy atom. The summed E-state index contributed by atoms with van der Waals surface area (Å²) in [5, 5.41) is 42.8. The molecule has 0 amide bonds. The van der Waals surface area contributed by atoms with Gasteiger partial charge in [0.15, 0.2) is 0 Å². The molecule has 0 saturated carbocycles. The monoisotopic (exact) mass is 386 g/mol. The molecular weight excluding hydrogens is 372 g/mol. The molecule has 27 heavy (non-hydrogen) atoms. The third kappa shape index (κ3) is 4.00. The van der Waals surface area contributed by atoms with Gasteiger partial charge in [0.25, 0.3) is 11.4 Å². The summed E-state index contributed by atoms with van der Waals surface area (Å²) in [5.74, 6) is 0. The fourth-order valence-electron chi connectivity index (χ4n) is 2.61. The maximum atomic E-state index is 10.9. The summed E-state index contributed by atoms with van der Waals surface area (Å²) in [6.07, 6.45) is -2.16. The molecule has 2 atom stereocenters. The fourth-order valence-corrected chi connectivity index (χ4v) is 3.65. The lowest BCUT2D eigenvalue weighted by Gasteiger charge is -2.10. The van der Waals surface area contributed by atoms with Crippen molar-refractivity contribution in [2.75, 3.05) is 0 Å². The van der Waals surface area contributed by atoms with Crippen molar-refractivity contribution < 1.29 is 20.1 Å². The molecule has 9 heteroatoms. The number of nitro benzene ring substituents is 2. The predicted molar refractivity (Wildman–Crippen MR) is 98.6 cm³/mol. The van der Waals surface area contributed by atoms with E-state index in [0.717, 1.165) is 11.3 Å². The third-order valence-corrected chi connectivity index (χ3v) is 5.17. The number of hydrogen-bond acceptors (Lipinski definition) is 7. The second kappa shape index (κ2) is 7.62. The van der Waals surface area contributed by atoms with Gasteiger partial charge < -0.3 is 10.2 Å². The first-order valence-electron chi connectivity index (χ1n) is 7.81. The zero-order valence-electron chi connectivity index (χ0n) is 13.8. The minimum absolute atomic E-state index is 0.125. The normalized spacial score (nSPS) is 13.1. The van der Waals surface area contributed by atoms with Crippen molar-refractivity contribution >= 4 is 22.7 Å². The highest BCUT2D eigenvalue weighted by Crippen LogP contribution is 2.35. The predicted octanol–water partition coefficient (Wildman–Crippen LogP) is 3.73. The molecule has 0 aliphatic rings. The maximum Gasteiger partial charge on any atom is 0.269 e. The molecular formula is C18H14N2O6S. The van der Waals surface area contributed by atoms with E-state index < -0.39 is 22.1 Å². The van der Waals surface area contributed by atoms with E-state index >= 15 is 0 Å². The van der Waals surface area contributed by atoms with Crippen LogP contribution in [-0.4, -0.2) is 20.1 Å². The van der Waals surface area contributed by atoms with Crippen molar-refractivity contribution in [1.82, 2.24) is 0 Å². The number of benzene rings is 2. The Morgan fingerprint density at radius 1 is 0.741 bits per heavy atom. The highest BCUT2D eigenvalue weighted by Gasteiger charge is 2.20. The van der Waals surface area contributed by atoms with Gasteiger partial charge in [-0.2, -0.15) is 0 Å². The number of aliphatic hydroxyl groups excluding tert-OH is 2. The number of hydrogen-bond donors (Lipinski definition) is 2. The second-order valence-corrected chi connectivity index (χ2v) is 6.90. The molecule has 1 aromatic heterocycles. The van der Waals surface area contributed by atoms with E-state index in [4.69, 9.17) is 0 Å². The van der Waals surface area contributed by atoms with Crippen LogP contribution in [0.1, 0.15) is 33.1 Å². The van der Waals surface area contributed by atoms with E-state index in [1.54, 1.807) is 24.3 Å². The maximum absolute atomic E-state index is 10.9. The van der Waals surface area contributed by atoms with Crippen LogP contribution >= 0.6 is 11.3 Å². The van der Waals surface area contributed by atoms with Crippen LogP contribution < -0.4 is 0 Å². The Labute approximate surface area is 157 Å². The lowest BCUT2D eigenvalue weighted by molar-refractivity contribution is -0.385. The number of non-ortho nitro benzene ring substituents is 2. The first kappa shape index (κ1) is 18.6. The summed E-state index contributed by atoms with van der Waals surface area (Å²) in [6.45, 7) is 0. The van der Waals surface area contributed by atoms with E-state index in [1.165, 1.54) is 36.4 Å². The van der Waals surface area contributed by atoms with Gasteiger partial charge in [-0.3, -0.25) is 20.2 Å². The Balaban J connectivity index is 1.86. The van der Waals surface area contributed by atoms with Gasteiger partial charge in [-0.05, 0) is 23.3 Å². The zero-order chi connectivity index (χ0) is 19.6. The van der Waals surface area contributed by atoms with Crippen molar-refractivity contribution in [3.05, 3.63) is 102 Å². The second-order valence-electron chi connectivity index (χ2n) is 5.75. The Hall–Kier alpha value is -3.14. The number of nitrogens with zero attached hydrogens (tertiary/aromatic N) is 2. The van der Waals surface area contributed by atoms with Gasteiger partial charge in [0.1, 0.15) is 12.2 Å². The Kier molecular flexibility index (Phi) is 5.26. The minimum Gasteiger partial charge on any atom is -0.383 e. The van der Waals surface area contributed by atoms with Crippen LogP contribution in [0.4, 0.5) is 11.4 Å². The molecule has 0 saturated heterocycles. The molecule has 2 N–H and O–H groups in total. The van der Waals surface area contributed by atoms with E-state index in [9.17, 15) is 30.4 Å². The topological polar surface area (TPSA) is 127 Å². The van der Waals surface area contributed by atoms with E-state index in [1.807, 2.05) is 0 Å². The van der Waals surface area contributed by atoms with Crippen LogP contribution in [-0.2, 0) is 0 Å². The molecule has 3 rings (SSSR count). The number of rotatable bonds is 6. The van der Waals surface area contributed by atoms with Crippen molar-refractivity contribution in [2.45, 2.75) is 12.2 Å². The quantitative estimate of drug-likeness (QED) is 0.491. The van der Waals surface area contributed by atoms with E-state index in [0.29, 0.717) is 20.9 Å². The Morgan fingerprint density at radius 3 is 1.52 bits per heavy atom. The highest BCUT2D eigenvalue weighted by molar-refractivity contribution is 7.12. The molecule has 0 fully saturated rings. The van der Waals surface area contributed by atoms with Gasteiger partial charge in [-0.1, -0.05) is 24.3 Å². The Bertz CT molecular complexity index is 925. The van der Waals surface area contributed by atoms with Crippen LogP contribution in [0.3, 0.4) is 0 Å². The van der Waals surface area contributed by atoms with Crippen molar-refractivity contribution in [1.29, 1.82) is 0 Å². The van der Waals surface area contributed by atoms with Gasteiger partial charge in [0.2, 0.25) is 0 Å². The van der Waals surface area contributed by atoms with Crippen molar-refractivity contribution in [2.24, 2.45) is 0 Å². The van der Waals surface area contributed by atoms with Crippen LogP contribution in [0.25, 0.3) is 0 Å². The summed E-state index contributed by atoms with van der Waals surface area (Å²) in [5.41, 5.74) is 0.477. The molecule has 0 radical (unpaired) electrons. The van der Waals surface area contributed by atoms with E-state index in [2.05, 4.69) is 0 Å². The number of thiophene rings is 1. The minimum atomic E-state index is -1.08. The SMILES string of the molecule is O=[N+]([O-])c1cccc([C@H](O)c2ccc([C@@H](O)c3cccc([N+](=O)[O-])c3)s2)c1. The van der Waals surface area contributed by atoms with Gasteiger partial charge >= 0.3 is 0 Å². The molecule has 138 valence electrons. The van der Waals surface area contributed by atoms with E-state index in [-0.39, 0.29) is 11.4 Å². The molecule has 8 nitrogen and oxygen atoms in total. The summed E-state index contributed by atoms with van der Waals surface area (Å²) < 4.78 is 0. The van der Waals surface area contributed by atoms with Gasteiger partial charge in [0.05, 0.1) is 9.85 Å². The average molecular weight is 386 g/mol. The van der Waals surface area contributed by atoms with Gasteiger partial charge in [-0.15, -0.1) is 11.3 Å². The van der Waals surface area contributed by atoms with Crippen molar-refractivity contribution in [3.63, 3.8) is 0 Å². The summed E-state index contributed by atoms with van der Waals surface area (Å²) >= 11 is 1.13. The van der Waals surface area contributed by atoms with Crippen LogP contribution in [0.15, 0.2) is 60.7 Å². The number of aliphatic hydroxyl groups is 2.